The third-order valence-electron chi connectivity index (χ3n) is 1.85. The maximum Gasteiger partial charge on any atom is 0.0174 e. The zero-order valence-corrected chi connectivity index (χ0v) is 6.24. The van der Waals surface area contributed by atoms with Crippen LogP contribution in [-0.4, -0.2) is 4.83 Å². The Morgan fingerprint density at radius 3 is 2.29 bits per heavy atom. The van der Waals surface area contributed by atoms with Gasteiger partial charge in [-0.3, -0.25) is 0 Å². The SMILES string of the molecule is CCC1CCC1Br. The van der Waals surface area contributed by atoms with E-state index in [9.17, 15) is 0 Å². The van der Waals surface area contributed by atoms with E-state index in [1.54, 1.807) is 0 Å². The highest BCUT2D eigenvalue weighted by molar-refractivity contribution is 9.09. The smallest absolute Gasteiger partial charge is 0.0174 e. The summed E-state index contributed by atoms with van der Waals surface area (Å²) in [6.07, 6.45) is 4.21. The van der Waals surface area contributed by atoms with Crippen LogP contribution in [0.2, 0.25) is 0 Å². The van der Waals surface area contributed by atoms with Crippen LogP contribution in [0.25, 0.3) is 0 Å². The zero-order valence-electron chi connectivity index (χ0n) is 4.65. The summed E-state index contributed by atoms with van der Waals surface area (Å²) >= 11 is 3.59. The van der Waals surface area contributed by atoms with E-state index in [1.165, 1.54) is 19.3 Å². The van der Waals surface area contributed by atoms with Gasteiger partial charge in [0.25, 0.3) is 0 Å². The Balaban J connectivity index is 2.16. The Bertz CT molecular complexity index is 59.2. The number of alkyl halides is 1. The molecular weight excluding hydrogens is 152 g/mol. The van der Waals surface area contributed by atoms with Crippen LogP contribution in [0.3, 0.4) is 0 Å². The number of hydrogen-bond acceptors (Lipinski definition) is 0. The van der Waals surface area contributed by atoms with Gasteiger partial charge in [0.05, 0.1) is 0 Å². The molecule has 1 aliphatic rings. The van der Waals surface area contributed by atoms with E-state index in [0.29, 0.717) is 0 Å². The molecule has 0 aliphatic heterocycles. The molecule has 0 aromatic carbocycles. The normalized spacial score (nSPS) is 40.3. The average molecular weight is 163 g/mol. The summed E-state index contributed by atoms with van der Waals surface area (Å²) in [4.78, 5) is 0.859. The molecule has 2 atom stereocenters. The van der Waals surface area contributed by atoms with E-state index in [1.807, 2.05) is 0 Å². The maximum absolute atomic E-state index is 3.59. The highest BCUT2D eigenvalue weighted by Gasteiger charge is 2.25. The van der Waals surface area contributed by atoms with Crippen molar-refractivity contribution in [3.05, 3.63) is 0 Å². The molecule has 0 bridgehead atoms. The van der Waals surface area contributed by atoms with Gasteiger partial charge in [0.2, 0.25) is 0 Å². The first-order valence-corrected chi connectivity index (χ1v) is 3.90. The molecule has 1 aliphatic carbocycles. The fourth-order valence-electron chi connectivity index (χ4n) is 0.988. The van der Waals surface area contributed by atoms with Crippen molar-refractivity contribution in [2.75, 3.05) is 0 Å². The topological polar surface area (TPSA) is 0 Å². The van der Waals surface area contributed by atoms with Crippen molar-refractivity contribution >= 4 is 15.9 Å². The summed E-state index contributed by atoms with van der Waals surface area (Å²) in [7, 11) is 0. The first kappa shape index (κ1) is 5.61. The van der Waals surface area contributed by atoms with E-state index in [2.05, 4.69) is 22.9 Å². The summed E-state index contributed by atoms with van der Waals surface area (Å²) in [5, 5.41) is 0. The summed E-state index contributed by atoms with van der Waals surface area (Å²) in [5.74, 6) is 1.000. The van der Waals surface area contributed by atoms with Crippen LogP contribution in [0.4, 0.5) is 0 Å². The van der Waals surface area contributed by atoms with Crippen molar-refractivity contribution in [2.45, 2.75) is 31.0 Å². The van der Waals surface area contributed by atoms with Gasteiger partial charge in [0.1, 0.15) is 0 Å². The third kappa shape index (κ3) is 0.987. The average Bonchev–Trinajstić information content (AvgIpc) is 1.65. The molecule has 0 spiro atoms. The summed E-state index contributed by atoms with van der Waals surface area (Å²) in [5.41, 5.74) is 0. The minimum atomic E-state index is 0.859. The predicted octanol–water partition coefficient (Wildman–Crippen LogP) is 2.57. The maximum atomic E-state index is 3.59. The molecule has 0 saturated heterocycles. The first-order chi connectivity index (χ1) is 3.34. The zero-order chi connectivity index (χ0) is 5.28. The Hall–Kier alpha value is 0.480. The van der Waals surface area contributed by atoms with Crippen LogP contribution in [0.15, 0.2) is 0 Å². The van der Waals surface area contributed by atoms with Gasteiger partial charge in [-0.05, 0) is 18.8 Å². The van der Waals surface area contributed by atoms with Crippen molar-refractivity contribution in [2.24, 2.45) is 5.92 Å². The molecule has 0 aromatic heterocycles. The quantitative estimate of drug-likeness (QED) is 0.521. The predicted molar refractivity (Wildman–Crippen MR) is 35.7 cm³/mol. The van der Waals surface area contributed by atoms with Crippen molar-refractivity contribution < 1.29 is 0 Å². The third-order valence-corrected chi connectivity index (χ3v) is 3.05. The monoisotopic (exact) mass is 162 g/mol. The molecule has 0 N–H and O–H groups in total. The number of hydrogen-bond donors (Lipinski definition) is 0. The van der Waals surface area contributed by atoms with Gasteiger partial charge in [0.15, 0.2) is 0 Å². The van der Waals surface area contributed by atoms with Gasteiger partial charge in [-0.25, -0.2) is 0 Å². The molecule has 1 saturated carbocycles. The van der Waals surface area contributed by atoms with Gasteiger partial charge in [-0.15, -0.1) is 0 Å². The lowest BCUT2D eigenvalue weighted by molar-refractivity contribution is 0.328. The second-order valence-corrected chi connectivity index (χ2v) is 3.44. The molecule has 42 valence electrons. The van der Waals surface area contributed by atoms with Crippen molar-refractivity contribution in [3.8, 4) is 0 Å². The van der Waals surface area contributed by atoms with Crippen LogP contribution in [0.5, 0.6) is 0 Å². The lowest BCUT2D eigenvalue weighted by Gasteiger charge is -2.30. The highest BCUT2D eigenvalue weighted by Crippen LogP contribution is 2.35. The van der Waals surface area contributed by atoms with E-state index in [-0.39, 0.29) is 0 Å². The Labute approximate surface area is 53.4 Å². The molecule has 2 unspecified atom stereocenters. The summed E-state index contributed by atoms with van der Waals surface area (Å²) in [6, 6.07) is 0. The van der Waals surface area contributed by atoms with Crippen molar-refractivity contribution in [3.63, 3.8) is 0 Å². The Kier molecular flexibility index (Phi) is 1.74. The molecule has 7 heavy (non-hydrogen) atoms. The van der Waals surface area contributed by atoms with Crippen LogP contribution < -0.4 is 0 Å². The lowest BCUT2D eigenvalue weighted by atomic mass is 9.83. The number of halogens is 1. The van der Waals surface area contributed by atoms with E-state index in [4.69, 9.17) is 0 Å². The van der Waals surface area contributed by atoms with Crippen LogP contribution in [0, 0.1) is 5.92 Å². The largest absolute Gasteiger partial charge is 0.0888 e. The summed E-state index contributed by atoms with van der Waals surface area (Å²) in [6.45, 7) is 2.26. The van der Waals surface area contributed by atoms with Crippen molar-refractivity contribution in [1.82, 2.24) is 0 Å². The van der Waals surface area contributed by atoms with Crippen molar-refractivity contribution in [1.29, 1.82) is 0 Å². The van der Waals surface area contributed by atoms with E-state index in [0.717, 1.165) is 10.7 Å². The molecule has 0 radical (unpaired) electrons. The fraction of sp³-hybridized carbons (Fsp3) is 1.00. The second kappa shape index (κ2) is 2.17. The van der Waals surface area contributed by atoms with Gasteiger partial charge in [-0.2, -0.15) is 0 Å². The Morgan fingerprint density at radius 1 is 1.57 bits per heavy atom. The Morgan fingerprint density at radius 2 is 2.29 bits per heavy atom. The van der Waals surface area contributed by atoms with Gasteiger partial charge in [0, 0.05) is 4.83 Å². The first-order valence-electron chi connectivity index (χ1n) is 2.98. The molecule has 0 heterocycles. The van der Waals surface area contributed by atoms with Crippen LogP contribution >= 0.6 is 15.9 Å². The van der Waals surface area contributed by atoms with Gasteiger partial charge >= 0.3 is 0 Å². The van der Waals surface area contributed by atoms with Gasteiger partial charge in [-0.1, -0.05) is 29.3 Å². The lowest BCUT2D eigenvalue weighted by Crippen LogP contribution is -2.24. The molecule has 1 rings (SSSR count). The molecule has 1 fully saturated rings. The molecule has 1 heteroatoms. The van der Waals surface area contributed by atoms with Crippen LogP contribution in [-0.2, 0) is 0 Å². The number of rotatable bonds is 1. The summed E-state index contributed by atoms with van der Waals surface area (Å²) < 4.78 is 0. The fourth-order valence-corrected chi connectivity index (χ4v) is 1.89. The molecule has 0 aromatic rings. The van der Waals surface area contributed by atoms with Crippen LogP contribution in [0.1, 0.15) is 26.2 Å². The minimum Gasteiger partial charge on any atom is -0.0888 e. The standard InChI is InChI=1S/C6H11Br/c1-2-5-3-4-6(5)7/h5-6H,2-4H2,1H3. The second-order valence-electron chi connectivity index (χ2n) is 2.26. The molecule has 0 nitrogen and oxygen atoms in total. The van der Waals surface area contributed by atoms with E-state index < -0.39 is 0 Å². The van der Waals surface area contributed by atoms with Gasteiger partial charge < -0.3 is 0 Å². The molecular formula is C6H11Br. The minimum absolute atomic E-state index is 0.859. The molecule has 0 amide bonds. The van der Waals surface area contributed by atoms with E-state index >= 15 is 0 Å². The highest BCUT2D eigenvalue weighted by atomic mass is 79.9.